The van der Waals surface area contributed by atoms with Crippen LogP contribution in [0.1, 0.15) is 32.6 Å². The molecule has 1 heterocycles. The van der Waals surface area contributed by atoms with Crippen LogP contribution in [-0.2, 0) is 4.79 Å². The topological polar surface area (TPSA) is 32.3 Å². The van der Waals surface area contributed by atoms with Gasteiger partial charge in [0.1, 0.15) is 0 Å². The summed E-state index contributed by atoms with van der Waals surface area (Å²) in [6.45, 7) is 5.81. The van der Waals surface area contributed by atoms with E-state index in [0.717, 1.165) is 32.0 Å². The Morgan fingerprint density at radius 3 is 3.00 bits per heavy atom. The highest BCUT2D eigenvalue weighted by Gasteiger charge is 2.23. The molecule has 0 aromatic heterocycles. The third-order valence-corrected chi connectivity index (χ3v) is 4.05. The van der Waals surface area contributed by atoms with E-state index in [9.17, 15) is 4.79 Å². The quantitative estimate of drug-likeness (QED) is 0.676. The number of hydrogen-bond acceptors (Lipinski definition) is 3. The summed E-state index contributed by atoms with van der Waals surface area (Å²) in [6.07, 6.45) is 6.93. The molecule has 0 aromatic carbocycles. The third-order valence-electron chi connectivity index (χ3n) is 3.24. The van der Waals surface area contributed by atoms with Crippen molar-refractivity contribution < 1.29 is 4.79 Å². The zero-order valence-electron chi connectivity index (χ0n) is 11.2. The van der Waals surface area contributed by atoms with E-state index >= 15 is 0 Å². The molecule has 0 bridgehead atoms. The van der Waals surface area contributed by atoms with E-state index in [0.29, 0.717) is 6.54 Å². The molecule has 0 aromatic rings. The normalized spacial score (nSPS) is 20.7. The van der Waals surface area contributed by atoms with Crippen molar-refractivity contribution in [3.63, 3.8) is 0 Å². The van der Waals surface area contributed by atoms with E-state index in [1.54, 1.807) is 0 Å². The fourth-order valence-corrected chi connectivity index (χ4v) is 3.03. The lowest BCUT2D eigenvalue weighted by Crippen LogP contribution is -2.36. The van der Waals surface area contributed by atoms with Gasteiger partial charge in [-0.15, -0.1) is 0 Å². The minimum absolute atomic E-state index is 0.200. The van der Waals surface area contributed by atoms with Crippen LogP contribution in [0.25, 0.3) is 0 Å². The Kier molecular flexibility index (Phi) is 7.69. The first-order valence-electron chi connectivity index (χ1n) is 6.74. The van der Waals surface area contributed by atoms with Gasteiger partial charge in [0.2, 0.25) is 5.91 Å². The van der Waals surface area contributed by atoms with Gasteiger partial charge in [-0.05, 0) is 37.3 Å². The number of amides is 1. The number of rotatable bonds is 8. The summed E-state index contributed by atoms with van der Waals surface area (Å²) in [5, 5.41) is 3.01. The molecule has 1 fully saturated rings. The summed E-state index contributed by atoms with van der Waals surface area (Å²) in [5.74, 6) is 2.22. The summed E-state index contributed by atoms with van der Waals surface area (Å²) in [4.78, 5) is 14.0. The fourth-order valence-electron chi connectivity index (χ4n) is 2.29. The minimum atomic E-state index is 0.200. The molecule has 1 aliphatic heterocycles. The molecular weight excluding hydrogens is 232 g/mol. The van der Waals surface area contributed by atoms with Gasteiger partial charge < -0.3 is 5.32 Å². The van der Waals surface area contributed by atoms with Gasteiger partial charge in [0.05, 0.1) is 6.54 Å². The molecule has 100 valence electrons. The van der Waals surface area contributed by atoms with E-state index in [1.165, 1.54) is 25.0 Å². The second kappa shape index (κ2) is 8.81. The largest absolute Gasteiger partial charge is 0.355 e. The van der Waals surface area contributed by atoms with E-state index < -0.39 is 0 Å². The molecular formula is C13H26N2OS. The SMILES string of the molecule is CCCCCNC(=O)CN1CC[C@H](CSC)C1. The van der Waals surface area contributed by atoms with Crippen molar-refractivity contribution in [1.82, 2.24) is 10.2 Å². The van der Waals surface area contributed by atoms with Crippen LogP contribution in [0.5, 0.6) is 0 Å². The van der Waals surface area contributed by atoms with Gasteiger partial charge in [0.15, 0.2) is 0 Å². The maximum atomic E-state index is 11.7. The number of unbranched alkanes of at least 4 members (excludes halogenated alkanes) is 2. The number of thioether (sulfide) groups is 1. The molecule has 1 N–H and O–H groups in total. The van der Waals surface area contributed by atoms with Crippen molar-refractivity contribution in [3.8, 4) is 0 Å². The first-order valence-corrected chi connectivity index (χ1v) is 8.13. The Hall–Kier alpha value is -0.220. The Labute approximate surface area is 110 Å². The molecule has 3 nitrogen and oxygen atoms in total. The van der Waals surface area contributed by atoms with Crippen LogP contribution in [0.2, 0.25) is 0 Å². The van der Waals surface area contributed by atoms with E-state index in [4.69, 9.17) is 0 Å². The summed E-state index contributed by atoms with van der Waals surface area (Å²) >= 11 is 1.91. The molecule has 17 heavy (non-hydrogen) atoms. The highest BCUT2D eigenvalue weighted by atomic mass is 32.2. The zero-order valence-corrected chi connectivity index (χ0v) is 12.0. The predicted molar refractivity (Wildman–Crippen MR) is 75.5 cm³/mol. The average molecular weight is 258 g/mol. The number of carbonyl (C=O) groups is 1. The second-order valence-electron chi connectivity index (χ2n) is 4.90. The van der Waals surface area contributed by atoms with E-state index in [1.807, 2.05) is 11.8 Å². The van der Waals surface area contributed by atoms with Crippen molar-refractivity contribution in [3.05, 3.63) is 0 Å². The number of nitrogens with zero attached hydrogens (tertiary/aromatic N) is 1. The number of nitrogens with one attached hydrogen (secondary N) is 1. The molecule has 0 unspecified atom stereocenters. The molecule has 1 rings (SSSR count). The summed E-state index contributed by atoms with van der Waals surface area (Å²) < 4.78 is 0. The van der Waals surface area contributed by atoms with Crippen molar-refractivity contribution in [2.45, 2.75) is 32.6 Å². The third kappa shape index (κ3) is 6.32. The fraction of sp³-hybridized carbons (Fsp3) is 0.923. The van der Waals surface area contributed by atoms with Gasteiger partial charge in [0.25, 0.3) is 0 Å². The standard InChI is InChI=1S/C13H26N2OS/c1-3-4-5-7-14-13(16)10-15-8-6-12(9-15)11-17-2/h12H,3-11H2,1-2H3,(H,14,16)/t12-/m0/s1. The van der Waals surface area contributed by atoms with Crippen molar-refractivity contribution in [1.29, 1.82) is 0 Å². The van der Waals surface area contributed by atoms with Gasteiger partial charge in [-0.3, -0.25) is 9.69 Å². The van der Waals surface area contributed by atoms with Crippen LogP contribution in [0.3, 0.4) is 0 Å². The Morgan fingerprint density at radius 2 is 2.29 bits per heavy atom. The summed E-state index contributed by atoms with van der Waals surface area (Å²) in [7, 11) is 0. The molecule has 0 radical (unpaired) electrons. The number of likely N-dealkylation sites (tertiary alicyclic amines) is 1. The van der Waals surface area contributed by atoms with Crippen LogP contribution in [-0.4, -0.2) is 49.0 Å². The summed E-state index contributed by atoms with van der Waals surface area (Å²) in [5.41, 5.74) is 0. The highest BCUT2D eigenvalue weighted by Crippen LogP contribution is 2.18. The van der Waals surface area contributed by atoms with Gasteiger partial charge in [-0.2, -0.15) is 11.8 Å². The van der Waals surface area contributed by atoms with Gasteiger partial charge in [-0.1, -0.05) is 19.8 Å². The number of hydrogen-bond donors (Lipinski definition) is 1. The lowest BCUT2D eigenvalue weighted by Gasteiger charge is -2.15. The Morgan fingerprint density at radius 1 is 1.47 bits per heavy atom. The van der Waals surface area contributed by atoms with Crippen molar-refractivity contribution >= 4 is 17.7 Å². The molecule has 4 heteroatoms. The second-order valence-corrected chi connectivity index (χ2v) is 5.81. The molecule has 1 saturated heterocycles. The summed E-state index contributed by atoms with van der Waals surface area (Å²) in [6, 6.07) is 0. The molecule has 0 aliphatic carbocycles. The predicted octanol–water partition coefficient (Wildman–Crippen LogP) is 1.98. The zero-order chi connectivity index (χ0) is 12.5. The minimum Gasteiger partial charge on any atom is -0.355 e. The van der Waals surface area contributed by atoms with Crippen molar-refractivity contribution in [2.75, 3.05) is 38.2 Å². The van der Waals surface area contributed by atoms with Crippen LogP contribution >= 0.6 is 11.8 Å². The molecule has 1 aliphatic rings. The Balaban J connectivity index is 2.07. The maximum absolute atomic E-state index is 11.7. The average Bonchev–Trinajstić information content (AvgIpc) is 2.73. The van der Waals surface area contributed by atoms with Crippen molar-refractivity contribution in [2.24, 2.45) is 5.92 Å². The first kappa shape index (κ1) is 14.8. The maximum Gasteiger partial charge on any atom is 0.234 e. The van der Waals surface area contributed by atoms with Gasteiger partial charge >= 0.3 is 0 Å². The highest BCUT2D eigenvalue weighted by molar-refractivity contribution is 7.98. The van der Waals surface area contributed by atoms with Gasteiger partial charge in [-0.25, -0.2) is 0 Å². The van der Waals surface area contributed by atoms with Crippen LogP contribution in [0.4, 0.5) is 0 Å². The smallest absolute Gasteiger partial charge is 0.234 e. The molecule has 1 atom stereocenters. The molecule has 1 amide bonds. The lowest BCUT2D eigenvalue weighted by atomic mass is 10.2. The Bertz CT molecular complexity index is 223. The number of carbonyl (C=O) groups excluding carboxylic acids is 1. The van der Waals surface area contributed by atoms with E-state index in [2.05, 4.69) is 23.4 Å². The van der Waals surface area contributed by atoms with Crippen LogP contribution < -0.4 is 5.32 Å². The van der Waals surface area contributed by atoms with Crippen LogP contribution in [0, 0.1) is 5.92 Å². The van der Waals surface area contributed by atoms with E-state index in [-0.39, 0.29) is 5.91 Å². The van der Waals surface area contributed by atoms with Crippen LogP contribution in [0.15, 0.2) is 0 Å². The van der Waals surface area contributed by atoms with Gasteiger partial charge in [0, 0.05) is 13.1 Å². The molecule has 0 saturated carbocycles. The lowest BCUT2D eigenvalue weighted by molar-refractivity contribution is -0.122. The monoisotopic (exact) mass is 258 g/mol. The first-order chi connectivity index (χ1) is 8.26. The molecule has 0 spiro atoms.